The number of hydrogen-bond acceptors (Lipinski definition) is 4. The van der Waals surface area contributed by atoms with Crippen LogP contribution in [0.15, 0.2) is 48.7 Å². The standard InChI is InChI=1S/C19H18N4O/c1-13(9-20)11-23-12-17-15(5-4-6-16(17)19(23)24)14-7-8-18(21-10-14)22(2)3/h4-8,10H,1,11-12H2,2-3H3. The first-order chi connectivity index (χ1) is 11.5. The van der Waals surface area contributed by atoms with Gasteiger partial charge in [-0.05, 0) is 29.3 Å². The molecular weight excluding hydrogens is 300 g/mol. The first-order valence-corrected chi connectivity index (χ1v) is 7.64. The zero-order chi connectivity index (χ0) is 17.3. The van der Waals surface area contributed by atoms with Gasteiger partial charge in [0.1, 0.15) is 5.82 Å². The minimum atomic E-state index is -0.0545. The number of pyridine rings is 1. The highest BCUT2D eigenvalue weighted by Gasteiger charge is 2.29. The van der Waals surface area contributed by atoms with Crippen molar-refractivity contribution in [1.29, 1.82) is 5.26 Å². The lowest BCUT2D eigenvalue weighted by atomic mass is 9.98. The lowest BCUT2D eigenvalue weighted by Gasteiger charge is -2.14. The van der Waals surface area contributed by atoms with E-state index in [-0.39, 0.29) is 12.5 Å². The number of nitrogens with zero attached hydrogens (tertiary/aromatic N) is 4. The molecule has 24 heavy (non-hydrogen) atoms. The molecule has 2 aromatic rings. The number of carbonyl (C=O) groups excluding carboxylic acids is 1. The zero-order valence-electron chi connectivity index (χ0n) is 13.8. The Bertz CT molecular complexity index is 847. The highest BCUT2D eigenvalue weighted by atomic mass is 16.2. The molecule has 1 aliphatic rings. The molecule has 0 atom stereocenters. The average Bonchev–Trinajstić information content (AvgIpc) is 2.91. The fourth-order valence-corrected chi connectivity index (χ4v) is 2.86. The number of fused-ring (bicyclic) bond motifs is 1. The monoisotopic (exact) mass is 318 g/mol. The second-order valence-electron chi connectivity index (χ2n) is 6.01. The predicted molar refractivity (Wildman–Crippen MR) is 93.5 cm³/mol. The van der Waals surface area contributed by atoms with Crippen LogP contribution in [0.5, 0.6) is 0 Å². The molecule has 1 aliphatic heterocycles. The second kappa shape index (κ2) is 6.17. The molecule has 0 bridgehead atoms. The van der Waals surface area contributed by atoms with Crippen LogP contribution in [0.3, 0.4) is 0 Å². The van der Waals surface area contributed by atoms with Crippen molar-refractivity contribution in [3.63, 3.8) is 0 Å². The number of nitriles is 1. The van der Waals surface area contributed by atoms with E-state index in [1.54, 1.807) is 4.90 Å². The minimum absolute atomic E-state index is 0.0545. The lowest BCUT2D eigenvalue weighted by Crippen LogP contribution is -2.25. The summed E-state index contributed by atoms with van der Waals surface area (Å²) in [4.78, 5) is 20.6. The maximum absolute atomic E-state index is 12.5. The van der Waals surface area contributed by atoms with Crippen LogP contribution in [-0.4, -0.2) is 36.4 Å². The summed E-state index contributed by atoms with van der Waals surface area (Å²) in [6, 6.07) is 11.7. The second-order valence-corrected chi connectivity index (χ2v) is 6.01. The van der Waals surface area contributed by atoms with Crippen molar-refractivity contribution >= 4 is 11.7 Å². The molecule has 0 unspecified atom stereocenters. The first-order valence-electron chi connectivity index (χ1n) is 7.64. The van der Waals surface area contributed by atoms with Crippen LogP contribution in [0.25, 0.3) is 11.1 Å². The Morgan fingerprint density at radius 2 is 2.08 bits per heavy atom. The zero-order valence-corrected chi connectivity index (χ0v) is 13.8. The Kier molecular flexibility index (Phi) is 4.05. The fraction of sp³-hybridized carbons (Fsp3) is 0.211. The number of benzene rings is 1. The molecule has 0 spiro atoms. The van der Waals surface area contributed by atoms with Gasteiger partial charge in [0.15, 0.2) is 0 Å². The van der Waals surface area contributed by atoms with Crippen molar-refractivity contribution in [3.05, 3.63) is 59.8 Å². The van der Waals surface area contributed by atoms with Crippen LogP contribution in [-0.2, 0) is 6.54 Å². The quantitative estimate of drug-likeness (QED) is 0.813. The number of amides is 1. The van der Waals surface area contributed by atoms with Crippen LogP contribution >= 0.6 is 0 Å². The molecule has 2 heterocycles. The summed E-state index contributed by atoms with van der Waals surface area (Å²) in [5, 5.41) is 8.90. The van der Waals surface area contributed by atoms with E-state index in [1.165, 1.54) is 0 Å². The molecule has 1 amide bonds. The highest BCUT2D eigenvalue weighted by molar-refractivity contribution is 6.00. The minimum Gasteiger partial charge on any atom is -0.363 e. The third-order valence-electron chi connectivity index (χ3n) is 4.10. The summed E-state index contributed by atoms with van der Waals surface area (Å²) in [7, 11) is 3.89. The topological polar surface area (TPSA) is 60.2 Å². The predicted octanol–water partition coefficient (Wildman–Crippen LogP) is 2.85. The van der Waals surface area contributed by atoms with Crippen molar-refractivity contribution in [1.82, 2.24) is 9.88 Å². The molecule has 3 rings (SSSR count). The molecule has 120 valence electrons. The van der Waals surface area contributed by atoms with Crippen molar-refractivity contribution in [2.75, 3.05) is 25.5 Å². The van der Waals surface area contributed by atoms with Crippen molar-refractivity contribution in [2.45, 2.75) is 6.54 Å². The number of rotatable bonds is 4. The maximum Gasteiger partial charge on any atom is 0.254 e. The molecule has 5 heteroatoms. The van der Waals surface area contributed by atoms with Crippen LogP contribution in [0.4, 0.5) is 5.82 Å². The van der Waals surface area contributed by atoms with Crippen LogP contribution < -0.4 is 4.90 Å². The van der Waals surface area contributed by atoms with E-state index in [4.69, 9.17) is 5.26 Å². The molecule has 0 aliphatic carbocycles. The van der Waals surface area contributed by atoms with E-state index in [0.29, 0.717) is 17.7 Å². The van der Waals surface area contributed by atoms with E-state index in [9.17, 15) is 4.79 Å². The van der Waals surface area contributed by atoms with Crippen molar-refractivity contribution < 1.29 is 4.79 Å². The number of anilines is 1. The van der Waals surface area contributed by atoms with E-state index >= 15 is 0 Å². The first kappa shape index (κ1) is 15.8. The molecule has 0 fully saturated rings. The Balaban J connectivity index is 1.96. The van der Waals surface area contributed by atoms with Gasteiger partial charge in [-0.2, -0.15) is 5.26 Å². The summed E-state index contributed by atoms with van der Waals surface area (Å²) >= 11 is 0. The Morgan fingerprint density at radius 1 is 1.33 bits per heavy atom. The molecule has 5 nitrogen and oxygen atoms in total. The summed E-state index contributed by atoms with van der Waals surface area (Å²) < 4.78 is 0. The van der Waals surface area contributed by atoms with E-state index < -0.39 is 0 Å². The molecular formula is C19H18N4O. The molecule has 0 saturated carbocycles. The van der Waals surface area contributed by atoms with Gasteiger partial charge in [-0.3, -0.25) is 4.79 Å². The Labute approximate surface area is 141 Å². The van der Waals surface area contributed by atoms with Gasteiger partial charge in [0.05, 0.1) is 12.6 Å². The normalized spacial score (nSPS) is 12.7. The smallest absolute Gasteiger partial charge is 0.254 e. The third kappa shape index (κ3) is 2.74. The summed E-state index contributed by atoms with van der Waals surface area (Å²) in [5.41, 5.74) is 4.03. The van der Waals surface area contributed by atoms with E-state index in [2.05, 4.69) is 11.6 Å². The largest absolute Gasteiger partial charge is 0.363 e. The van der Waals surface area contributed by atoms with Crippen LogP contribution in [0, 0.1) is 11.3 Å². The van der Waals surface area contributed by atoms with Gasteiger partial charge in [0.25, 0.3) is 5.91 Å². The highest BCUT2D eigenvalue weighted by Crippen LogP contribution is 2.33. The summed E-state index contributed by atoms with van der Waals surface area (Å²) in [6.07, 6.45) is 1.83. The Morgan fingerprint density at radius 3 is 2.71 bits per heavy atom. The summed E-state index contributed by atoms with van der Waals surface area (Å²) in [6.45, 7) is 4.42. The van der Waals surface area contributed by atoms with Crippen molar-refractivity contribution in [2.24, 2.45) is 0 Å². The van der Waals surface area contributed by atoms with E-state index in [0.717, 1.165) is 22.5 Å². The summed E-state index contributed by atoms with van der Waals surface area (Å²) in [5.74, 6) is 0.829. The van der Waals surface area contributed by atoms with Crippen LogP contribution in [0.2, 0.25) is 0 Å². The molecule has 1 aromatic carbocycles. The Hall–Kier alpha value is -3.13. The molecule has 0 N–H and O–H groups in total. The third-order valence-corrected chi connectivity index (χ3v) is 4.10. The van der Waals surface area contributed by atoms with Gasteiger partial charge in [-0.25, -0.2) is 4.98 Å². The SMILES string of the molecule is C=C(C#N)CN1Cc2c(cccc2-c2ccc(N(C)C)nc2)C1=O. The fourth-order valence-electron chi connectivity index (χ4n) is 2.86. The average molecular weight is 318 g/mol. The van der Waals surface area contributed by atoms with E-state index in [1.807, 2.05) is 61.6 Å². The van der Waals surface area contributed by atoms with Gasteiger partial charge in [0, 0.05) is 43.5 Å². The van der Waals surface area contributed by atoms with Gasteiger partial charge < -0.3 is 9.80 Å². The molecule has 1 aromatic heterocycles. The molecule has 0 saturated heterocycles. The van der Waals surface area contributed by atoms with Gasteiger partial charge in [-0.1, -0.05) is 18.7 Å². The maximum atomic E-state index is 12.5. The van der Waals surface area contributed by atoms with Gasteiger partial charge >= 0.3 is 0 Å². The van der Waals surface area contributed by atoms with Gasteiger partial charge in [0.2, 0.25) is 0 Å². The lowest BCUT2D eigenvalue weighted by molar-refractivity contribution is 0.0794. The molecule has 0 radical (unpaired) electrons. The van der Waals surface area contributed by atoms with Gasteiger partial charge in [-0.15, -0.1) is 0 Å². The van der Waals surface area contributed by atoms with Crippen molar-refractivity contribution in [3.8, 4) is 17.2 Å². The number of carbonyl (C=O) groups is 1. The van der Waals surface area contributed by atoms with Crippen LogP contribution in [0.1, 0.15) is 15.9 Å². The number of aromatic nitrogens is 1. The number of hydrogen-bond donors (Lipinski definition) is 0.